The van der Waals surface area contributed by atoms with Crippen molar-refractivity contribution in [2.24, 2.45) is 5.41 Å². The molecule has 0 bridgehead atoms. The minimum atomic E-state index is -0.00332. The van der Waals surface area contributed by atoms with Gasteiger partial charge < -0.3 is 10.6 Å². The van der Waals surface area contributed by atoms with Crippen molar-refractivity contribution < 1.29 is 4.79 Å². The Kier molecular flexibility index (Phi) is 5.35. The molecule has 100 valence electrons. The van der Waals surface area contributed by atoms with Gasteiger partial charge in [0.25, 0.3) is 0 Å². The van der Waals surface area contributed by atoms with Gasteiger partial charge in [-0.25, -0.2) is 0 Å². The topological polar surface area (TPSA) is 41.1 Å². The number of hydrogen-bond acceptors (Lipinski definition) is 2. The fourth-order valence-corrected chi connectivity index (χ4v) is 1.92. The molecule has 0 fully saturated rings. The maximum atomic E-state index is 11.9. The minimum Gasteiger partial charge on any atom is -0.349 e. The molecule has 1 aromatic carbocycles. The van der Waals surface area contributed by atoms with Crippen LogP contribution in [0.3, 0.4) is 0 Å². The summed E-state index contributed by atoms with van der Waals surface area (Å²) >= 11 is 0. The summed E-state index contributed by atoms with van der Waals surface area (Å²) in [6, 6.07) is 10.2. The normalized spacial score (nSPS) is 13.1. The summed E-state index contributed by atoms with van der Waals surface area (Å²) in [4.78, 5) is 11.9. The minimum absolute atomic E-state index is 0.00332. The van der Waals surface area contributed by atoms with Crippen LogP contribution in [0.2, 0.25) is 0 Å². The Hall–Kier alpha value is -1.35. The van der Waals surface area contributed by atoms with Crippen LogP contribution in [-0.2, 0) is 4.79 Å². The van der Waals surface area contributed by atoms with Crippen LogP contribution in [0.25, 0.3) is 0 Å². The van der Waals surface area contributed by atoms with E-state index in [1.54, 1.807) is 0 Å². The van der Waals surface area contributed by atoms with Gasteiger partial charge in [-0.2, -0.15) is 0 Å². The molecular weight excluding hydrogens is 224 g/mol. The number of benzene rings is 1. The molecule has 1 aromatic rings. The van der Waals surface area contributed by atoms with Crippen molar-refractivity contribution in [2.75, 3.05) is 13.6 Å². The van der Waals surface area contributed by atoms with E-state index >= 15 is 0 Å². The second kappa shape index (κ2) is 6.55. The first-order valence-electron chi connectivity index (χ1n) is 6.44. The van der Waals surface area contributed by atoms with Crippen LogP contribution in [0.1, 0.15) is 38.8 Å². The summed E-state index contributed by atoms with van der Waals surface area (Å²) in [5.41, 5.74) is 1.15. The Labute approximate surface area is 110 Å². The average Bonchev–Trinajstić information content (AvgIpc) is 2.33. The zero-order chi connectivity index (χ0) is 13.6. The predicted molar refractivity (Wildman–Crippen MR) is 75.3 cm³/mol. The zero-order valence-corrected chi connectivity index (χ0v) is 11.8. The Balaban J connectivity index is 2.78. The number of hydrogen-bond donors (Lipinski definition) is 2. The molecule has 0 spiro atoms. The van der Waals surface area contributed by atoms with Gasteiger partial charge in [-0.1, -0.05) is 51.1 Å². The molecule has 0 aliphatic carbocycles. The number of rotatable bonds is 5. The van der Waals surface area contributed by atoms with Gasteiger partial charge in [-0.05, 0) is 18.0 Å². The molecule has 18 heavy (non-hydrogen) atoms. The highest BCUT2D eigenvalue weighted by atomic mass is 16.1. The molecule has 1 atom stereocenters. The number of carbonyl (C=O) groups excluding carboxylic acids is 1. The van der Waals surface area contributed by atoms with Gasteiger partial charge in [-0.3, -0.25) is 4.79 Å². The standard InChI is InChI=1S/C15H24N2O/c1-15(2,3)14(12-8-6-5-7-9-12)17-13(18)10-11-16-4/h5-9,14,16H,10-11H2,1-4H3,(H,17,18). The van der Waals surface area contributed by atoms with E-state index in [9.17, 15) is 4.79 Å². The summed E-state index contributed by atoms with van der Waals surface area (Å²) in [6.45, 7) is 7.13. The maximum Gasteiger partial charge on any atom is 0.221 e. The first-order valence-corrected chi connectivity index (χ1v) is 6.44. The third-order valence-electron chi connectivity index (χ3n) is 2.91. The second-order valence-electron chi connectivity index (χ2n) is 5.63. The number of nitrogens with one attached hydrogen (secondary N) is 2. The molecular formula is C15H24N2O. The van der Waals surface area contributed by atoms with Crippen molar-refractivity contribution in [1.29, 1.82) is 0 Å². The van der Waals surface area contributed by atoms with Crippen LogP contribution in [0.5, 0.6) is 0 Å². The first-order chi connectivity index (χ1) is 8.45. The van der Waals surface area contributed by atoms with Crippen LogP contribution in [0, 0.1) is 5.41 Å². The average molecular weight is 248 g/mol. The lowest BCUT2D eigenvalue weighted by Gasteiger charge is -2.32. The van der Waals surface area contributed by atoms with Crippen LogP contribution in [0.4, 0.5) is 0 Å². The molecule has 1 rings (SSSR count). The third kappa shape index (κ3) is 4.49. The molecule has 2 N–H and O–H groups in total. The molecule has 3 heteroatoms. The van der Waals surface area contributed by atoms with Crippen molar-refractivity contribution in [3.63, 3.8) is 0 Å². The van der Waals surface area contributed by atoms with Gasteiger partial charge in [0, 0.05) is 13.0 Å². The van der Waals surface area contributed by atoms with E-state index in [-0.39, 0.29) is 17.4 Å². The molecule has 0 saturated carbocycles. The Bertz CT molecular complexity index is 368. The van der Waals surface area contributed by atoms with Gasteiger partial charge in [-0.15, -0.1) is 0 Å². The zero-order valence-electron chi connectivity index (χ0n) is 11.8. The molecule has 1 amide bonds. The molecule has 0 aliphatic heterocycles. The van der Waals surface area contributed by atoms with E-state index in [1.807, 2.05) is 25.2 Å². The highest BCUT2D eigenvalue weighted by Gasteiger charge is 2.27. The second-order valence-corrected chi connectivity index (χ2v) is 5.63. The van der Waals surface area contributed by atoms with Crippen LogP contribution in [0.15, 0.2) is 30.3 Å². The van der Waals surface area contributed by atoms with Crippen LogP contribution < -0.4 is 10.6 Å². The smallest absolute Gasteiger partial charge is 0.221 e. The fraction of sp³-hybridized carbons (Fsp3) is 0.533. The lowest BCUT2D eigenvalue weighted by Crippen LogP contribution is -2.37. The molecule has 0 radical (unpaired) electrons. The van der Waals surface area contributed by atoms with E-state index in [4.69, 9.17) is 0 Å². The SMILES string of the molecule is CNCCC(=O)NC(c1ccccc1)C(C)(C)C. The van der Waals surface area contributed by atoms with Crippen molar-refractivity contribution in [3.8, 4) is 0 Å². The van der Waals surface area contributed by atoms with Crippen molar-refractivity contribution in [3.05, 3.63) is 35.9 Å². The van der Waals surface area contributed by atoms with Crippen molar-refractivity contribution in [1.82, 2.24) is 10.6 Å². The molecule has 3 nitrogen and oxygen atoms in total. The number of amides is 1. The first kappa shape index (κ1) is 14.7. The van der Waals surface area contributed by atoms with Gasteiger partial charge in [0.2, 0.25) is 5.91 Å². The Morgan fingerprint density at radius 3 is 2.33 bits per heavy atom. The third-order valence-corrected chi connectivity index (χ3v) is 2.91. The summed E-state index contributed by atoms with van der Waals surface area (Å²) in [5, 5.41) is 6.12. The summed E-state index contributed by atoms with van der Waals surface area (Å²) in [6.07, 6.45) is 0.510. The van der Waals surface area contributed by atoms with Crippen LogP contribution in [-0.4, -0.2) is 19.5 Å². The maximum absolute atomic E-state index is 11.9. The van der Waals surface area contributed by atoms with E-state index in [0.717, 1.165) is 5.56 Å². The molecule has 0 aromatic heterocycles. The summed E-state index contributed by atoms with van der Waals surface area (Å²) in [7, 11) is 1.85. The highest BCUT2D eigenvalue weighted by molar-refractivity contribution is 5.76. The molecule has 0 heterocycles. The van der Waals surface area contributed by atoms with Gasteiger partial charge in [0.1, 0.15) is 0 Å². The molecule has 0 aliphatic rings. The summed E-state index contributed by atoms with van der Waals surface area (Å²) in [5.74, 6) is 0.0909. The Morgan fingerprint density at radius 2 is 1.83 bits per heavy atom. The monoisotopic (exact) mass is 248 g/mol. The largest absolute Gasteiger partial charge is 0.349 e. The van der Waals surface area contributed by atoms with Gasteiger partial charge in [0.15, 0.2) is 0 Å². The molecule has 1 unspecified atom stereocenters. The van der Waals surface area contributed by atoms with E-state index in [2.05, 4.69) is 43.5 Å². The van der Waals surface area contributed by atoms with Gasteiger partial charge >= 0.3 is 0 Å². The highest BCUT2D eigenvalue weighted by Crippen LogP contribution is 2.32. The van der Waals surface area contributed by atoms with Crippen molar-refractivity contribution in [2.45, 2.75) is 33.2 Å². The van der Waals surface area contributed by atoms with E-state index < -0.39 is 0 Å². The quantitative estimate of drug-likeness (QED) is 0.840. The fourth-order valence-electron chi connectivity index (χ4n) is 1.92. The van der Waals surface area contributed by atoms with Crippen LogP contribution >= 0.6 is 0 Å². The lowest BCUT2D eigenvalue weighted by atomic mass is 9.82. The lowest BCUT2D eigenvalue weighted by molar-refractivity contribution is -0.122. The van der Waals surface area contributed by atoms with E-state index in [0.29, 0.717) is 13.0 Å². The molecule has 0 saturated heterocycles. The van der Waals surface area contributed by atoms with E-state index in [1.165, 1.54) is 0 Å². The van der Waals surface area contributed by atoms with Gasteiger partial charge in [0.05, 0.1) is 6.04 Å². The summed E-state index contributed by atoms with van der Waals surface area (Å²) < 4.78 is 0. The number of carbonyl (C=O) groups is 1. The Morgan fingerprint density at radius 1 is 1.22 bits per heavy atom. The van der Waals surface area contributed by atoms with Crippen molar-refractivity contribution >= 4 is 5.91 Å². The predicted octanol–water partition coefficient (Wildman–Crippen LogP) is 2.50.